The van der Waals surface area contributed by atoms with Crippen LogP contribution in [0.1, 0.15) is 25.9 Å². The molecule has 0 spiro atoms. The average Bonchev–Trinajstić information content (AvgIpc) is 2.61. The third kappa shape index (κ3) is 1.26. The molecule has 1 aromatic heterocycles. The summed E-state index contributed by atoms with van der Waals surface area (Å²) in [6.07, 6.45) is 1.58. The number of rotatable bonds is 1. The molecule has 1 aromatic rings. The van der Waals surface area contributed by atoms with Crippen molar-refractivity contribution in [1.29, 1.82) is 0 Å². The van der Waals surface area contributed by atoms with Gasteiger partial charge in [0.1, 0.15) is 0 Å². The van der Waals surface area contributed by atoms with Gasteiger partial charge in [0.05, 0.1) is 18.5 Å². The summed E-state index contributed by atoms with van der Waals surface area (Å²) in [5.41, 5.74) is 0. The topological polar surface area (TPSA) is 31.6 Å². The van der Waals surface area contributed by atoms with E-state index in [-0.39, 0.29) is 18.5 Å². The van der Waals surface area contributed by atoms with Crippen LogP contribution in [-0.4, -0.2) is 12.2 Å². The van der Waals surface area contributed by atoms with Crippen molar-refractivity contribution in [2.75, 3.05) is 0 Å². The quantitative estimate of drug-likeness (QED) is 0.643. The van der Waals surface area contributed by atoms with Crippen molar-refractivity contribution < 1.29 is 13.9 Å². The molecule has 0 aromatic carbocycles. The molecule has 1 aliphatic heterocycles. The summed E-state index contributed by atoms with van der Waals surface area (Å²) >= 11 is 0. The van der Waals surface area contributed by atoms with Crippen molar-refractivity contribution in [2.45, 2.75) is 32.3 Å². The minimum atomic E-state index is -0.315. The minimum Gasteiger partial charge on any atom is -0.464 e. The molecule has 66 valence electrons. The van der Waals surface area contributed by atoms with Crippen molar-refractivity contribution in [3.05, 3.63) is 24.2 Å². The van der Waals surface area contributed by atoms with Gasteiger partial charge in [-0.05, 0) is 26.0 Å². The summed E-state index contributed by atoms with van der Waals surface area (Å²) in [6.45, 7) is 3.99. The smallest absolute Gasteiger partial charge is 0.217 e. The van der Waals surface area contributed by atoms with Gasteiger partial charge in [-0.1, -0.05) is 0 Å². The Hall–Kier alpha value is -0.800. The molecule has 2 atom stereocenters. The van der Waals surface area contributed by atoms with Crippen LogP contribution in [0.25, 0.3) is 0 Å². The van der Waals surface area contributed by atoms with Crippen LogP contribution in [0.15, 0.2) is 22.8 Å². The van der Waals surface area contributed by atoms with Crippen LogP contribution in [0.4, 0.5) is 0 Å². The largest absolute Gasteiger partial charge is 0.464 e. The lowest BCUT2D eigenvalue weighted by molar-refractivity contribution is -0.0788. The van der Waals surface area contributed by atoms with Crippen molar-refractivity contribution in [3.63, 3.8) is 0 Å². The maximum atomic E-state index is 5.50. The first kappa shape index (κ1) is 7.83. The molecular formula is C9H12O3. The van der Waals surface area contributed by atoms with Crippen LogP contribution in [0.5, 0.6) is 0 Å². The molecule has 0 aliphatic carbocycles. The maximum absolute atomic E-state index is 5.50. The summed E-state index contributed by atoms with van der Waals surface area (Å²) in [7, 11) is 0. The third-order valence-electron chi connectivity index (χ3n) is 2.11. The summed E-state index contributed by atoms with van der Waals surface area (Å²) in [6, 6.07) is 3.69. The zero-order chi connectivity index (χ0) is 8.55. The molecule has 0 unspecified atom stereocenters. The maximum Gasteiger partial charge on any atom is 0.217 e. The highest BCUT2D eigenvalue weighted by Crippen LogP contribution is 2.30. The first-order valence-electron chi connectivity index (χ1n) is 4.11. The van der Waals surface area contributed by atoms with E-state index in [1.165, 1.54) is 0 Å². The monoisotopic (exact) mass is 168 g/mol. The molecule has 0 bridgehead atoms. The second kappa shape index (κ2) is 2.92. The Morgan fingerprint density at radius 1 is 1.17 bits per heavy atom. The lowest BCUT2D eigenvalue weighted by atomic mass is 10.3. The molecule has 1 aliphatic rings. The number of hydrogen-bond donors (Lipinski definition) is 0. The standard InChI is InChI=1S/C9H12O3/c1-6-7(2)12-9(11-6)8-4-3-5-10-8/h3-7,9H,1-2H3/t6-,7-/m0/s1. The first-order chi connectivity index (χ1) is 5.77. The van der Waals surface area contributed by atoms with Gasteiger partial charge in [0, 0.05) is 0 Å². The van der Waals surface area contributed by atoms with Crippen LogP contribution < -0.4 is 0 Å². The van der Waals surface area contributed by atoms with Crippen LogP contribution in [-0.2, 0) is 9.47 Å². The summed E-state index contributed by atoms with van der Waals surface area (Å²) in [5.74, 6) is 0.742. The lowest BCUT2D eigenvalue weighted by Gasteiger charge is -2.04. The van der Waals surface area contributed by atoms with E-state index in [2.05, 4.69) is 0 Å². The Bertz CT molecular complexity index is 232. The van der Waals surface area contributed by atoms with Gasteiger partial charge in [-0.3, -0.25) is 0 Å². The van der Waals surface area contributed by atoms with Crippen LogP contribution in [0.2, 0.25) is 0 Å². The van der Waals surface area contributed by atoms with E-state index in [1.54, 1.807) is 6.26 Å². The molecule has 2 heterocycles. The van der Waals surface area contributed by atoms with E-state index in [1.807, 2.05) is 26.0 Å². The molecular weight excluding hydrogens is 156 g/mol. The van der Waals surface area contributed by atoms with Crippen LogP contribution >= 0.6 is 0 Å². The normalized spacial score (nSPS) is 31.2. The zero-order valence-electron chi connectivity index (χ0n) is 7.19. The summed E-state index contributed by atoms with van der Waals surface area (Å²) < 4.78 is 16.2. The van der Waals surface area contributed by atoms with Gasteiger partial charge in [0.25, 0.3) is 0 Å². The number of hydrogen-bond acceptors (Lipinski definition) is 3. The van der Waals surface area contributed by atoms with E-state index in [4.69, 9.17) is 13.9 Å². The zero-order valence-corrected chi connectivity index (χ0v) is 7.19. The van der Waals surface area contributed by atoms with Gasteiger partial charge in [0.15, 0.2) is 5.76 Å². The van der Waals surface area contributed by atoms with E-state index < -0.39 is 0 Å². The Morgan fingerprint density at radius 3 is 2.33 bits per heavy atom. The molecule has 1 fully saturated rings. The number of ether oxygens (including phenoxy) is 2. The summed E-state index contributed by atoms with van der Waals surface area (Å²) in [4.78, 5) is 0. The van der Waals surface area contributed by atoms with Crippen LogP contribution in [0.3, 0.4) is 0 Å². The van der Waals surface area contributed by atoms with Crippen molar-refractivity contribution in [2.24, 2.45) is 0 Å². The fraction of sp³-hybridized carbons (Fsp3) is 0.556. The van der Waals surface area contributed by atoms with E-state index in [0.717, 1.165) is 5.76 Å². The third-order valence-corrected chi connectivity index (χ3v) is 2.11. The molecule has 2 rings (SSSR count). The van der Waals surface area contributed by atoms with Crippen LogP contribution in [0, 0.1) is 0 Å². The number of furan rings is 1. The molecule has 3 nitrogen and oxygen atoms in total. The Labute approximate surface area is 71.3 Å². The Kier molecular flexibility index (Phi) is 1.90. The molecule has 0 radical (unpaired) electrons. The average molecular weight is 168 g/mol. The highest BCUT2D eigenvalue weighted by Gasteiger charge is 2.32. The second-order valence-corrected chi connectivity index (χ2v) is 3.03. The molecule has 1 saturated heterocycles. The predicted octanol–water partition coefficient (Wildman–Crippen LogP) is 2.10. The highest BCUT2D eigenvalue weighted by molar-refractivity contribution is 5.01. The van der Waals surface area contributed by atoms with Crippen molar-refractivity contribution in [3.8, 4) is 0 Å². The SMILES string of the molecule is C[C@@H]1OC(c2ccco2)O[C@H]1C. The van der Waals surface area contributed by atoms with E-state index in [9.17, 15) is 0 Å². The van der Waals surface area contributed by atoms with Crippen molar-refractivity contribution >= 4 is 0 Å². The minimum absolute atomic E-state index is 0.139. The van der Waals surface area contributed by atoms with E-state index in [0.29, 0.717) is 0 Å². The lowest BCUT2D eigenvalue weighted by Crippen LogP contribution is -2.13. The fourth-order valence-electron chi connectivity index (χ4n) is 1.20. The predicted molar refractivity (Wildman–Crippen MR) is 42.5 cm³/mol. The van der Waals surface area contributed by atoms with E-state index >= 15 is 0 Å². The van der Waals surface area contributed by atoms with Gasteiger partial charge in [-0.15, -0.1) is 0 Å². The van der Waals surface area contributed by atoms with Gasteiger partial charge in [-0.2, -0.15) is 0 Å². The second-order valence-electron chi connectivity index (χ2n) is 3.03. The Morgan fingerprint density at radius 2 is 1.83 bits per heavy atom. The summed E-state index contributed by atoms with van der Waals surface area (Å²) in [5, 5.41) is 0. The van der Waals surface area contributed by atoms with Gasteiger partial charge in [-0.25, -0.2) is 0 Å². The molecule has 3 heteroatoms. The van der Waals surface area contributed by atoms with Crippen molar-refractivity contribution in [1.82, 2.24) is 0 Å². The fourth-order valence-corrected chi connectivity index (χ4v) is 1.20. The first-order valence-corrected chi connectivity index (χ1v) is 4.11. The molecule has 0 saturated carbocycles. The van der Waals surface area contributed by atoms with Gasteiger partial charge >= 0.3 is 0 Å². The highest BCUT2D eigenvalue weighted by atomic mass is 16.7. The Balaban J connectivity index is 2.09. The van der Waals surface area contributed by atoms with Gasteiger partial charge < -0.3 is 13.9 Å². The van der Waals surface area contributed by atoms with Gasteiger partial charge in [0.2, 0.25) is 6.29 Å². The molecule has 0 N–H and O–H groups in total. The molecule has 12 heavy (non-hydrogen) atoms. The molecule has 0 amide bonds.